The van der Waals surface area contributed by atoms with Gasteiger partial charge in [0, 0.05) is 32.5 Å². The Bertz CT molecular complexity index is 444. The quantitative estimate of drug-likeness (QED) is 0.820. The minimum Gasteiger partial charge on any atom is -0.356 e. The Balaban J connectivity index is 1.33. The van der Waals surface area contributed by atoms with Crippen molar-refractivity contribution in [1.29, 1.82) is 0 Å². The molecule has 0 aromatic rings. The minimum absolute atomic E-state index is 0.158. The lowest BCUT2D eigenvalue weighted by molar-refractivity contribution is -0.129. The third-order valence-electron chi connectivity index (χ3n) is 6.57. The van der Waals surface area contributed by atoms with Crippen LogP contribution in [0.2, 0.25) is 0 Å². The standard InChI is InChI=1S/C18H30N2O2/c1-18(2)14-8-7-13(15(18)11-14)12-19-16(21)5-3-9-20-10-4-6-17(20)22/h13-15H,3-12H2,1-2H3,(H,19,21)/t13-,14-,15-/m1/s1. The van der Waals surface area contributed by atoms with Crippen LogP contribution in [0.15, 0.2) is 0 Å². The number of hydrogen-bond acceptors (Lipinski definition) is 2. The van der Waals surface area contributed by atoms with E-state index in [1.807, 2.05) is 4.90 Å². The molecule has 2 bridgehead atoms. The molecule has 3 aliphatic carbocycles. The van der Waals surface area contributed by atoms with Crippen molar-refractivity contribution in [2.45, 2.75) is 58.8 Å². The van der Waals surface area contributed by atoms with Crippen LogP contribution in [-0.2, 0) is 9.59 Å². The van der Waals surface area contributed by atoms with Crippen molar-refractivity contribution in [2.24, 2.45) is 23.2 Å². The smallest absolute Gasteiger partial charge is 0.222 e. The van der Waals surface area contributed by atoms with E-state index in [1.54, 1.807) is 0 Å². The highest BCUT2D eigenvalue weighted by Gasteiger charge is 2.53. The van der Waals surface area contributed by atoms with Crippen molar-refractivity contribution in [3.05, 3.63) is 0 Å². The first-order valence-corrected chi connectivity index (χ1v) is 9.03. The fraction of sp³-hybridized carbons (Fsp3) is 0.889. The number of fused-ring (bicyclic) bond motifs is 2. The molecule has 1 N–H and O–H groups in total. The van der Waals surface area contributed by atoms with Crippen molar-refractivity contribution in [1.82, 2.24) is 10.2 Å². The van der Waals surface area contributed by atoms with E-state index in [0.717, 1.165) is 44.3 Å². The van der Waals surface area contributed by atoms with E-state index in [9.17, 15) is 9.59 Å². The molecule has 4 fully saturated rings. The first-order valence-electron chi connectivity index (χ1n) is 9.03. The van der Waals surface area contributed by atoms with Gasteiger partial charge in [-0.3, -0.25) is 9.59 Å². The number of likely N-dealkylation sites (tertiary alicyclic amines) is 1. The van der Waals surface area contributed by atoms with E-state index in [4.69, 9.17) is 0 Å². The van der Waals surface area contributed by atoms with Crippen LogP contribution in [0.3, 0.4) is 0 Å². The number of rotatable bonds is 6. The van der Waals surface area contributed by atoms with Gasteiger partial charge < -0.3 is 10.2 Å². The van der Waals surface area contributed by atoms with Crippen LogP contribution >= 0.6 is 0 Å². The monoisotopic (exact) mass is 306 g/mol. The first kappa shape index (κ1) is 15.8. The van der Waals surface area contributed by atoms with Gasteiger partial charge in [-0.25, -0.2) is 0 Å². The fourth-order valence-electron chi connectivity index (χ4n) is 4.91. The van der Waals surface area contributed by atoms with Crippen molar-refractivity contribution in [3.8, 4) is 0 Å². The van der Waals surface area contributed by atoms with Gasteiger partial charge in [-0.1, -0.05) is 13.8 Å². The highest BCUT2D eigenvalue weighted by molar-refractivity contribution is 5.78. The summed E-state index contributed by atoms with van der Waals surface area (Å²) >= 11 is 0. The molecule has 0 unspecified atom stereocenters. The molecule has 22 heavy (non-hydrogen) atoms. The molecule has 124 valence electrons. The van der Waals surface area contributed by atoms with Gasteiger partial charge >= 0.3 is 0 Å². The molecular formula is C18H30N2O2. The highest BCUT2D eigenvalue weighted by atomic mass is 16.2. The summed E-state index contributed by atoms with van der Waals surface area (Å²) in [6, 6.07) is 0. The first-order chi connectivity index (χ1) is 10.5. The van der Waals surface area contributed by atoms with Gasteiger partial charge in [-0.05, 0) is 55.3 Å². The maximum Gasteiger partial charge on any atom is 0.222 e. The van der Waals surface area contributed by atoms with Crippen LogP contribution < -0.4 is 5.32 Å². The average molecular weight is 306 g/mol. The molecule has 1 aliphatic heterocycles. The van der Waals surface area contributed by atoms with Crippen LogP contribution in [0.1, 0.15) is 58.8 Å². The van der Waals surface area contributed by atoms with Gasteiger partial charge in [0.05, 0.1) is 0 Å². The summed E-state index contributed by atoms with van der Waals surface area (Å²) in [6.07, 6.45) is 6.98. The number of carbonyl (C=O) groups is 2. The molecule has 1 heterocycles. The zero-order valence-corrected chi connectivity index (χ0v) is 14.1. The van der Waals surface area contributed by atoms with Crippen molar-refractivity contribution in [2.75, 3.05) is 19.6 Å². The summed E-state index contributed by atoms with van der Waals surface area (Å²) in [7, 11) is 0. The van der Waals surface area contributed by atoms with E-state index < -0.39 is 0 Å². The lowest BCUT2D eigenvalue weighted by atomic mass is 9.45. The maximum absolute atomic E-state index is 12.0. The Morgan fingerprint density at radius 1 is 1.36 bits per heavy atom. The number of carbonyl (C=O) groups excluding carboxylic acids is 2. The van der Waals surface area contributed by atoms with E-state index in [1.165, 1.54) is 19.3 Å². The molecule has 2 amide bonds. The molecule has 4 aliphatic rings. The van der Waals surface area contributed by atoms with Crippen LogP contribution in [0.4, 0.5) is 0 Å². The highest BCUT2D eigenvalue weighted by Crippen LogP contribution is 2.61. The van der Waals surface area contributed by atoms with E-state index in [0.29, 0.717) is 24.2 Å². The largest absolute Gasteiger partial charge is 0.356 e. The molecule has 0 aromatic carbocycles. The summed E-state index contributed by atoms with van der Waals surface area (Å²) < 4.78 is 0. The zero-order valence-electron chi connectivity index (χ0n) is 14.1. The molecule has 0 spiro atoms. The van der Waals surface area contributed by atoms with Gasteiger partial charge in [0.15, 0.2) is 0 Å². The Hall–Kier alpha value is -1.06. The van der Waals surface area contributed by atoms with Gasteiger partial charge in [-0.2, -0.15) is 0 Å². The van der Waals surface area contributed by atoms with E-state index in [2.05, 4.69) is 19.2 Å². The summed E-state index contributed by atoms with van der Waals surface area (Å²) in [5.74, 6) is 2.80. The molecule has 4 rings (SSSR count). The van der Waals surface area contributed by atoms with Crippen LogP contribution in [-0.4, -0.2) is 36.3 Å². The second-order valence-corrected chi connectivity index (χ2v) is 8.09. The molecule has 4 nitrogen and oxygen atoms in total. The molecular weight excluding hydrogens is 276 g/mol. The zero-order chi connectivity index (χ0) is 15.7. The van der Waals surface area contributed by atoms with Gasteiger partial charge in [0.1, 0.15) is 0 Å². The number of nitrogens with one attached hydrogen (secondary N) is 1. The third-order valence-corrected chi connectivity index (χ3v) is 6.57. The van der Waals surface area contributed by atoms with Crippen LogP contribution in [0.25, 0.3) is 0 Å². The van der Waals surface area contributed by atoms with Crippen LogP contribution in [0.5, 0.6) is 0 Å². The SMILES string of the molecule is CC1(C)[C@@H]2CC[C@H](CNC(=O)CCCN3CCCC3=O)[C@H]1C2. The van der Waals surface area contributed by atoms with E-state index in [-0.39, 0.29) is 11.8 Å². The Morgan fingerprint density at radius 3 is 2.82 bits per heavy atom. The molecule has 3 saturated carbocycles. The Kier molecular flexibility index (Phi) is 4.47. The summed E-state index contributed by atoms with van der Waals surface area (Å²) in [5, 5.41) is 3.14. The summed E-state index contributed by atoms with van der Waals surface area (Å²) in [4.78, 5) is 25.4. The predicted octanol–water partition coefficient (Wildman–Crippen LogP) is 2.58. The molecule has 3 atom stereocenters. The van der Waals surface area contributed by atoms with Crippen molar-refractivity contribution >= 4 is 11.8 Å². The number of nitrogens with zero attached hydrogens (tertiary/aromatic N) is 1. The topological polar surface area (TPSA) is 49.4 Å². The third kappa shape index (κ3) is 3.02. The fourth-order valence-corrected chi connectivity index (χ4v) is 4.91. The number of hydrogen-bond donors (Lipinski definition) is 1. The normalized spacial score (nSPS) is 32.7. The lowest BCUT2D eigenvalue weighted by Crippen LogP contribution is -2.54. The van der Waals surface area contributed by atoms with Crippen molar-refractivity contribution < 1.29 is 9.59 Å². The van der Waals surface area contributed by atoms with Crippen molar-refractivity contribution in [3.63, 3.8) is 0 Å². The second-order valence-electron chi connectivity index (χ2n) is 8.09. The average Bonchev–Trinajstić information content (AvgIpc) is 2.90. The Morgan fingerprint density at radius 2 is 2.18 bits per heavy atom. The minimum atomic E-state index is 0.158. The Labute approximate surface area is 134 Å². The maximum atomic E-state index is 12.0. The van der Waals surface area contributed by atoms with Gasteiger partial charge in [0.2, 0.25) is 11.8 Å². The predicted molar refractivity (Wildman–Crippen MR) is 86.2 cm³/mol. The molecule has 1 saturated heterocycles. The van der Waals surface area contributed by atoms with Crippen LogP contribution in [0, 0.1) is 23.2 Å². The number of amides is 2. The summed E-state index contributed by atoms with van der Waals surface area (Å²) in [6.45, 7) is 7.26. The van der Waals surface area contributed by atoms with E-state index >= 15 is 0 Å². The molecule has 0 radical (unpaired) electrons. The lowest BCUT2D eigenvalue weighted by Gasteiger charge is -2.60. The second kappa shape index (κ2) is 6.21. The van der Waals surface area contributed by atoms with Gasteiger partial charge in [0.25, 0.3) is 0 Å². The molecule has 4 heteroatoms. The molecule has 0 aromatic heterocycles. The van der Waals surface area contributed by atoms with Gasteiger partial charge in [-0.15, -0.1) is 0 Å². The summed E-state index contributed by atoms with van der Waals surface area (Å²) in [5.41, 5.74) is 0.490.